The molecule has 0 heterocycles. The molecular weight excluding hydrogens is 260 g/mol. The average molecular weight is 267 g/mol. The van der Waals surface area contributed by atoms with Crippen molar-refractivity contribution in [1.82, 2.24) is 0 Å². The number of hydrogen-bond acceptors (Lipinski definition) is 1. The number of benzene rings is 1. The zero-order valence-corrected chi connectivity index (χ0v) is 8.19. The highest BCUT2D eigenvalue weighted by atomic mass is 127. The van der Waals surface area contributed by atoms with Gasteiger partial charge >= 0.3 is 0 Å². The Kier molecular flexibility index (Phi) is 2.80. The molecule has 0 saturated carbocycles. The predicted octanol–water partition coefficient (Wildman–Crippen LogP) is 2.86. The molecule has 0 spiro atoms. The summed E-state index contributed by atoms with van der Waals surface area (Å²) in [6.07, 6.45) is 0. The Morgan fingerprint density at radius 3 is 2.70 bits per heavy atom. The van der Waals surface area contributed by atoms with E-state index in [1.807, 2.05) is 12.1 Å². The molecule has 0 aliphatic heterocycles. The van der Waals surface area contributed by atoms with E-state index in [2.05, 4.69) is 22.6 Å². The van der Waals surface area contributed by atoms with Crippen LogP contribution in [-0.4, -0.2) is 0 Å². The molecule has 0 aliphatic rings. The van der Waals surface area contributed by atoms with Crippen molar-refractivity contribution in [2.75, 3.05) is 5.73 Å². The number of nitrogen functional groups attached to an aromatic ring is 1. The Balaban J connectivity index is 3.14. The molecule has 3 heteroatoms. The van der Waals surface area contributed by atoms with Crippen molar-refractivity contribution in [3.05, 3.63) is 28.8 Å². The number of nitrogens with two attached hydrogens (primary N) is 1. The maximum Gasteiger partial charge on any atom is 0.0638 e. The van der Waals surface area contributed by atoms with Crippen LogP contribution in [0, 0.1) is 0 Å². The second-order valence-electron chi connectivity index (χ2n) is 1.95. The number of halogens is 2. The van der Waals surface area contributed by atoms with Gasteiger partial charge in [-0.2, -0.15) is 0 Å². The summed E-state index contributed by atoms with van der Waals surface area (Å²) in [4.78, 5) is 0. The minimum Gasteiger partial charge on any atom is -0.397 e. The maximum atomic E-state index is 5.76. The van der Waals surface area contributed by atoms with E-state index in [-0.39, 0.29) is 0 Å². The highest BCUT2D eigenvalue weighted by Crippen LogP contribution is 2.23. The zero-order valence-electron chi connectivity index (χ0n) is 5.27. The van der Waals surface area contributed by atoms with Crippen LogP contribution in [0.3, 0.4) is 0 Å². The molecule has 0 aliphatic carbocycles. The van der Waals surface area contributed by atoms with Crippen LogP contribution < -0.4 is 5.73 Å². The molecule has 0 aromatic heterocycles. The molecular formula is C7H7ClIN. The molecule has 0 bridgehead atoms. The van der Waals surface area contributed by atoms with Gasteiger partial charge in [-0.3, -0.25) is 0 Å². The van der Waals surface area contributed by atoms with Gasteiger partial charge in [-0.1, -0.05) is 46.3 Å². The molecule has 0 radical (unpaired) electrons. The third kappa shape index (κ3) is 1.55. The van der Waals surface area contributed by atoms with Crippen molar-refractivity contribution in [3.8, 4) is 0 Å². The maximum absolute atomic E-state index is 5.76. The summed E-state index contributed by atoms with van der Waals surface area (Å²) in [5, 5.41) is 0.647. The van der Waals surface area contributed by atoms with E-state index in [1.54, 1.807) is 6.07 Å². The summed E-state index contributed by atoms with van der Waals surface area (Å²) < 4.78 is 0.907. The summed E-state index contributed by atoms with van der Waals surface area (Å²) in [5.41, 5.74) is 7.47. The first-order chi connectivity index (χ1) is 4.75. The standard InChI is InChI=1S/C7H7ClIN/c8-6-3-1-2-5(4-9)7(6)10/h1-3H,4,10H2. The smallest absolute Gasteiger partial charge is 0.0638 e. The van der Waals surface area contributed by atoms with E-state index < -0.39 is 0 Å². The lowest BCUT2D eigenvalue weighted by Gasteiger charge is -2.01. The molecule has 2 N–H and O–H groups in total. The predicted molar refractivity (Wildman–Crippen MR) is 53.6 cm³/mol. The lowest BCUT2D eigenvalue weighted by atomic mass is 10.2. The fourth-order valence-corrected chi connectivity index (χ4v) is 1.56. The van der Waals surface area contributed by atoms with E-state index in [4.69, 9.17) is 17.3 Å². The number of anilines is 1. The number of rotatable bonds is 1. The van der Waals surface area contributed by atoms with Gasteiger partial charge in [-0.25, -0.2) is 0 Å². The molecule has 0 saturated heterocycles. The van der Waals surface area contributed by atoms with Crippen LogP contribution in [0.15, 0.2) is 18.2 Å². The first-order valence-electron chi connectivity index (χ1n) is 2.84. The third-order valence-electron chi connectivity index (χ3n) is 1.29. The van der Waals surface area contributed by atoms with Gasteiger partial charge in [0.2, 0.25) is 0 Å². The molecule has 0 atom stereocenters. The molecule has 10 heavy (non-hydrogen) atoms. The van der Waals surface area contributed by atoms with Crippen LogP contribution in [0.4, 0.5) is 5.69 Å². The third-order valence-corrected chi connectivity index (χ3v) is 2.44. The number of hydrogen-bond donors (Lipinski definition) is 1. The highest BCUT2D eigenvalue weighted by molar-refractivity contribution is 14.1. The fourth-order valence-electron chi connectivity index (χ4n) is 0.698. The Labute approximate surface area is 78.7 Å². The topological polar surface area (TPSA) is 26.0 Å². The van der Waals surface area contributed by atoms with Crippen LogP contribution >= 0.6 is 34.2 Å². The van der Waals surface area contributed by atoms with E-state index in [0.29, 0.717) is 10.7 Å². The van der Waals surface area contributed by atoms with Gasteiger partial charge in [-0.05, 0) is 11.6 Å². The summed E-state index contributed by atoms with van der Waals surface area (Å²) in [6.45, 7) is 0. The minimum atomic E-state index is 0.647. The van der Waals surface area contributed by atoms with Gasteiger partial charge in [0.25, 0.3) is 0 Å². The van der Waals surface area contributed by atoms with Crippen LogP contribution in [0.25, 0.3) is 0 Å². The highest BCUT2D eigenvalue weighted by Gasteiger charge is 1.99. The van der Waals surface area contributed by atoms with Crippen LogP contribution in [-0.2, 0) is 4.43 Å². The first kappa shape index (κ1) is 8.14. The van der Waals surface area contributed by atoms with E-state index >= 15 is 0 Å². The molecule has 0 unspecified atom stereocenters. The lowest BCUT2D eigenvalue weighted by Crippen LogP contribution is -1.91. The number of alkyl halides is 1. The Morgan fingerprint density at radius 2 is 2.20 bits per heavy atom. The van der Waals surface area contributed by atoms with Crippen LogP contribution in [0.5, 0.6) is 0 Å². The summed E-state index contributed by atoms with van der Waals surface area (Å²) in [6, 6.07) is 5.69. The lowest BCUT2D eigenvalue weighted by molar-refractivity contribution is 1.46. The van der Waals surface area contributed by atoms with Gasteiger partial charge in [0.15, 0.2) is 0 Å². The molecule has 1 aromatic rings. The van der Waals surface area contributed by atoms with Gasteiger partial charge in [0.1, 0.15) is 0 Å². The van der Waals surface area contributed by atoms with Crippen LogP contribution in [0.2, 0.25) is 5.02 Å². The molecule has 1 rings (SSSR count). The Morgan fingerprint density at radius 1 is 1.50 bits per heavy atom. The minimum absolute atomic E-state index is 0.647. The van der Waals surface area contributed by atoms with Gasteiger partial charge in [-0.15, -0.1) is 0 Å². The van der Waals surface area contributed by atoms with Crippen molar-refractivity contribution < 1.29 is 0 Å². The largest absolute Gasteiger partial charge is 0.397 e. The summed E-state index contributed by atoms with van der Waals surface area (Å²) in [5.74, 6) is 0. The first-order valence-corrected chi connectivity index (χ1v) is 4.75. The SMILES string of the molecule is Nc1c(Cl)cccc1CI. The molecule has 0 fully saturated rings. The van der Waals surface area contributed by atoms with Crippen molar-refractivity contribution in [1.29, 1.82) is 0 Å². The molecule has 1 nitrogen and oxygen atoms in total. The Hall–Kier alpha value is 0.0400. The van der Waals surface area contributed by atoms with Crippen LogP contribution in [0.1, 0.15) is 5.56 Å². The van der Waals surface area contributed by atoms with Gasteiger partial charge < -0.3 is 5.73 Å². The second-order valence-corrected chi connectivity index (χ2v) is 3.12. The van der Waals surface area contributed by atoms with Crippen molar-refractivity contribution in [3.63, 3.8) is 0 Å². The summed E-state index contributed by atoms with van der Waals surface area (Å²) in [7, 11) is 0. The van der Waals surface area contributed by atoms with Crippen molar-refractivity contribution >= 4 is 39.9 Å². The fraction of sp³-hybridized carbons (Fsp3) is 0.143. The van der Waals surface area contributed by atoms with E-state index in [9.17, 15) is 0 Å². The molecule has 54 valence electrons. The molecule has 1 aromatic carbocycles. The average Bonchev–Trinajstić information content (AvgIpc) is 1.95. The molecule has 0 amide bonds. The normalized spacial score (nSPS) is 9.80. The van der Waals surface area contributed by atoms with Gasteiger partial charge in [0, 0.05) is 4.43 Å². The van der Waals surface area contributed by atoms with E-state index in [1.165, 1.54) is 0 Å². The van der Waals surface area contributed by atoms with E-state index in [0.717, 1.165) is 9.99 Å². The van der Waals surface area contributed by atoms with Gasteiger partial charge in [0.05, 0.1) is 10.7 Å². The van der Waals surface area contributed by atoms with Crippen molar-refractivity contribution in [2.24, 2.45) is 0 Å². The second kappa shape index (κ2) is 3.44. The quantitative estimate of drug-likeness (QED) is 0.473. The Bertz CT molecular complexity index is 237. The number of para-hydroxylation sites is 1. The van der Waals surface area contributed by atoms with Crippen molar-refractivity contribution in [2.45, 2.75) is 4.43 Å². The zero-order chi connectivity index (χ0) is 7.56. The summed E-state index contributed by atoms with van der Waals surface area (Å²) >= 11 is 8.02. The monoisotopic (exact) mass is 267 g/mol.